The average Bonchev–Trinajstić information content (AvgIpc) is 2.60. The topological polar surface area (TPSA) is 91.7 Å². The van der Waals surface area contributed by atoms with Gasteiger partial charge in [0.1, 0.15) is 0 Å². The van der Waals surface area contributed by atoms with Crippen molar-refractivity contribution in [3.8, 4) is 0 Å². The van der Waals surface area contributed by atoms with E-state index in [-0.39, 0.29) is 23.1 Å². The molecule has 2 rings (SSSR count). The van der Waals surface area contributed by atoms with Crippen molar-refractivity contribution < 1.29 is 24.6 Å². The largest absolute Gasteiger partial charge is 0.478 e. The van der Waals surface area contributed by atoms with Crippen LogP contribution in [0.1, 0.15) is 62.0 Å². The second-order valence-corrected chi connectivity index (χ2v) is 5.85. The Kier molecular flexibility index (Phi) is 6.06. The molecule has 0 unspecified atom stereocenters. The molecule has 130 valence electrons. The van der Waals surface area contributed by atoms with Crippen LogP contribution >= 0.6 is 0 Å². The molecular weight excluding hydrogens is 320 g/mol. The molecule has 0 fully saturated rings. The Bertz CT molecular complexity index is 807. The van der Waals surface area contributed by atoms with Gasteiger partial charge in [0.05, 0.1) is 11.1 Å². The number of carboxylic acids is 2. The summed E-state index contributed by atoms with van der Waals surface area (Å²) < 4.78 is 0. The van der Waals surface area contributed by atoms with Crippen molar-refractivity contribution in [3.63, 3.8) is 0 Å². The number of ketones is 1. The van der Waals surface area contributed by atoms with Crippen LogP contribution in [0.4, 0.5) is 0 Å². The van der Waals surface area contributed by atoms with Crippen LogP contribution in [0.2, 0.25) is 0 Å². The zero-order valence-electron chi connectivity index (χ0n) is 14.0. The third-order valence-electron chi connectivity index (χ3n) is 4.03. The molecule has 0 amide bonds. The van der Waals surface area contributed by atoms with Crippen molar-refractivity contribution in [1.29, 1.82) is 0 Å². The van der Waals surface area contributed by atoms with E-state index in [9.17, 15) is 24.6 Å². The van der Waals surface area contributed by atoms with Gasteiger partial charge in [0.25, 0.3) is 0 Å². The summed E-state index contributed by atoms with van der Waals surface area (Å²) >= 11 is 0. The van der Waals surface area contributed by atoms with E-state index in [0.29, 0.717) is 5.56 Å². The highest BCUT2D eigenvalue weighted by Gasteiger charge is 2.19. The van der Waals surface area contributed by atoms with Crippen molar-refractivity contribution >= 4 is 17.7 Å². The molecule has 0 aromatic heterocycles. The van der Waals surface area contributed by atoms with Crippen LogP contribution in [0.3, 0.4) is 0 Å². The first kappa shape index (κ1) is 18.4. The van der Waals surface area contributed by atoms with Crippen molar-refractivity contribution in [3.05, 3.63) is 70.3 Å². The van der Waals surface area contributed by atoms with E-state index in [2.05, 4.69) is 6.92 Å². The third-order valence-corrected chi connectivity index (χ3v) is 4.03. The molecule has 0 radical (unpaired) electrons. The summed E-state index contributed by atoms with van der Waals surface area (Å²) in [5.74, 6) is -2.69. The number of carbonyl (C=O) groups is 3. The normalized spacial score (nSPS) is 10.4. The maximum atomic E-state index is 12.5. The van der Waals surface area contributed by atoms with E-state index in [1.165, 1.54) is 12.1 Å². The molecule has 0 saturated heterocycles. The van der Waals surface area contributed by atoms with Crippen molar-refractivity contribution in [1.82, 2.24) is 0 Å². The Morgan fingerprint density at radius 3 is 2.12 bits per heavy atom. The van der Waals surface area contributed by atoms with E-state index in [0.717, 1.165) is 24.8 Å². The minimum absolute atomic E-state index is 0.0797. The molecule has 5 nitrogen and oxygen atoms in total. The molecule has 0 aliphatic heterocycles. The van der Waals surface area contributed by atoms with Crippen molar-refractivity contribution in [2.45, 2.75) is 32.6 Å². The predicted octanol–water partition coefficient (Wildman–Crippen LogP) is 3.85. The van der Waals surface area contributed by atoms with E-state index >= 15 is 0 Å². The van der Waals surface area contributed by atoms with Gasteiger partial charge in [-0.1, -0.05) is 43.7 Å². The molecule has 0 saturated carbocycles. The molecule has 5 heteroatoms. The molecule has 0 bridgehead atoms. The third kappa shape index (κ3) is 4.53. The summed E-state index contributed by atoms with van der Waals surface area (Å²) in [6.45, 7) is 2.06. The molecule has 0 heterocycles. The molecule has 0 aliphatic rings. The number of aryl methyl sites for hydroxylation is 1. The summed E-state index contributed by atoms with van der Waals surface area (Å²) in [5.41, 5.74) is 1.40. The maximum absolute atomic E-state index is 12.5. The lowest BCUT2D eigenvalue weighted by Gasteiger charge is -2.10. The molecule has 2 N–H and O–H groups in total. The van der Waals surface area contributed by atoms with Crippen LogP contribution < -0.4 is 0 Å². The van der Waals surface area contributed by atoms with Gasteiger partial charge in [-0.2, -0.15) is 0 Å². The molecule has 2 aromatic carbocycles. The minimum atomic E-state index is -1.18. The first-order valence-electron chi connectivity index (χ1n) is 8.14. The highest BCUT2D eigenvalue weighted by atomic mass is 16.4. The second kappa shape index (κ2) is 8.24. The number of benzene rings is 2. The predicted molar refractivity (Wildman–Crippen MR) is 93.4 cm³/mol. The fraction of sp³-hybridized carbons (Fsp3) is 0.250. The molecule has 0 atom stereocenters. The second-order valence-electron chi connectivity index (χ2n) is 5.85. The lowest BCUT2D eigenvalue weighted by Crippen LogP contribution is -2.13. The number of unbranched alkanes of at least 4 members (excludes halogenated alkanes) is 1. The van der Waals surface area contributed by atoms with Crippen LogP contribution in [-0.4, -0.2) is 27.9 Å². The SMILES string of the molecule is CCCCc1ccc(CC(=O)c2ccccc2C(=O)O)c(C(=O)O)c1. The first-order chi connectivity index (χ1) is 11.9. The minimum Gasteiger partial charge on any atom is -0.478 e. The summed E-state index contributed by atoms with van der Waals surface area (Å²) in [7, 11) is 0. The van der Waals surface area contributed by atoms with Crippen molar-refractivity contribution in [2.24, 2.45) is 0 Å². The molecule has 25 heavy (non-hydrogen) atoms. The lowest BCUT2D eigenvalue weighted by molar-refractivity contribution is 0.0682. The van der Waals surface area contributed by atoms with Crippen LogP contribution in [0.5, 0.6) is 0 Å². The monoisotopic (exact) mass is 340 g/mol. The standard InChI is InChI=1S/C20H20O5/c1-2-3-6-13-9-10-14(17(11-13)20(24)25)12-18(21)15-7-4-5-8-16(15)19(22)23/h4-5,7-11H,2-3,6,12H2,1H3,(H,22,23)(H,24,25). The van der Waals surface area contributed by atoms with Crippen LogP contribution in [0, 0.1) is 0 Å². The first-order valence-corrected chi connectivity index (χ1v) is 8.14. The van der Waals surface area contributed by atoms with Gasteiger partial charge in [0.15, 0.2) is 5.78 Å². The quantitative estimate of drug-likeness (QED) is 0.712. The van der Waals surface area contributed by atoms with Gasteiger partial charge in [-0.3, -0.25) is 4.79 Å². The fourth-order valence-electron chi connectivity index (χ4n) is 2.69. The Hall–Kier alpha value is -2.95. The van der Waals surface area contributed by atoms with Crippen molar-refractivity contribution in [2.75, 3.05) is 0 Å². The van der Waals surface area contributed by atoms with Gasteiger partial charge in [-0.25, -0.2) is 9.59 Å². The lowest BCUT2D eigenvalue weighted by atomic mass is 9.94. The van der Waals surface area contributed by atoms with E-state index < -0.39 is 17.7 Å². The molecule has 0 spiro atoms. The number of carboxylic acid groups (broad SMARTS) is 2. The van der Waals surface area contributed by atoms with Gasteiger partial charge in [0, 0.05) is 12.0 Å². The maximum Gasteiger partial charge on any atom is 0.336 e. The number of Topliss-reactive ketones (excluding diaryl/α,β-unsaturated/α-hetero) is 1. The smallest absolute Gasteiger partial charge is 0.336 e. The number of carbonyl (C=O) groups excluding carboxylic acids is 1. The summed E-state index contributed by atoms with van der Waals surface area (Å²) in [6.07, 6.45) is 2.60. The summed E-state index contributed by atoms with van der Waals surface area (Å²) in [6, 6.07) is 11.0. The Morgan fingerprint density at radius 2 is 1.52 bits per heavy atom. The highest BCUT2D eigenvalue weighted by Crippen LogP contribution is 2.18. The van der Waals surface area contributed by atoms with Gasteiger partial charge in [-0.15, -0.1) is 0 Å². The molecular formula is C20H20O5. The number of hydrogen-bond donors (Lipinski definition) is 2. The average molecular weight is 340 g/mol. The fourth-order valence-corrected chi connectivity index (χ4v) is 2.69. The van der Waals surface area contributed by atoms with Crippen LogP contribution in [0.25, 0.3) is 0 Å². The zero-order chi connectivity index (χ0) is 18.4. The number of rotatable bonds is 8. The van der Waals surface area contributed by atoms with E-state index in [4.69, 9.17) is 0 Å². The molecule has 0 aliphatic carbocycles. The molecule has 2 aromatic rings. The van der Waals surface area contributed by atoms with Gasteiger partial charge < -0.3 is 10.2 Å². The van der Waals surface area contributed by atoms with Gasteiger partial charge >= 0.3 is 11.9 Å². The van der Waals surface area contributed by atoms with Gasteiger partial charge in [0.2, 0.25) is 0 Å². The number of aromatic carboxylic acids is 2. The van der Waals surface area contributed by atoms with E-state index in [1.54, 1.807) is 24.3 Å². The Labute approximate surface area is 145 Å². The zero-order valence-corrected chi connectivity index (χ0v) is 14.0. The Morgan fingerprint density at radius 1 is 0.880 bits per heavy atom. The van der Waals surface area contributed by atoms with Gasteiger partial charge in [-0.05, 0) is 36.1 Å². The van der Waals surface area contributed by atoms with Crippen LogP contribution in [0.15, 0.2) is 42.5 Å². The Balaban J connectivity index is 2.32. The number of hydrogen-bond acceptors (Lipinski definition) is 3. The van der Waals surface area contributed by atoms with E-state index in [1.807, 2.05) is 6.07 Å². The highest BCUT2D eigenvalue weighted by molar-refractivity contribution is 6.07. The van der Waals surface area contributed by atoms with Crippen LogP contribution in [-0.2, 0) is 12.8 Å². The summed E-state index contributed by atoms with van der Waals surface area (Å²) in [5, 5.41) is 18.6. The summed E-state index contributed by atoms with van der Waals surface area (Å²) in [4.78, 5) is 35.3.